The first-order chi connectivity index (χ1) is 10.0. The molecular formula is C14H13N3O3S. The van der Waals surface area contributed by atoms with E-state index in [1.807, 2.05) is 17.5 Å². The Labute approximate surface area is 124 Å². The van der Waals surface area contributed by atoms with Crippen LogP contribution in [0.1, 0.15) is 6.42 Å². The van der Waals surface area contributed by atoms with Crippen molar-refractivity contribution in [3.63, 3.8) is 0 Å². The second kappa shape index (κ2) is 5.17. The lowest BCUT2D eigenvalue weighted by atomic mass is 10.1. The van der Waals surface area contributed by atoms with Gasteiger partial charge >= 0.3 is 5.97 Å². The maximum absolute atomic E-state index is 11.9. The summed E-state index contributed by atoms with van der Waals surface area (Å²) in [4.78, 5) is 28.6. The summed E-state index contributed by atoms with van der Waals surface area (Å²) in [6.45, 7) is 0.219. The monoisotopic (exact) mass is 303 g/mol. The summed E-state index contributed by atoms with van der Waals surface area (Å²) in [5.74, 6) is -1.72. The molecule has 21 heavy (non-hydrogen) atoms. The van der Waals surface area contributed by atoms with Gasteiger partial charge in [-0.1, -0.05) is 12.1 Å². The molecule has 2 aromatic rings. The third-order valence-electron chi connectivity index (χ3n) is 3.47. The van der Waals surface area contributed by atoms with Gasteiger partial charge in [-0.2, -0.15) is 0 Å². The van der Waals surface area contributed by atoms with Crippen LogP contribution in [0.2, 0.25) is 0 Å². The number of hydrogen-bond acceptors (Lipinski definition) is 5. The number of nitrogens with zero attached hydrogens (tertiary/aromatic N) is 2. The van der Waals surface area contributed by atoms with Gasteiger partial charge in [-0.25, -0.2) is 4.98 Å². The van der Waals surface area contributed by atoms with Crippen LogP contribution in [-0.2, 0) is 9.59 Å². The molecule has 1 amide bonds. The Morgan fingerprint density at radius 2 is 2.10 bits per heavy atom. The number of carbonyl (C=O) groups excluding carboxylic acids is 1. The number of carbonyl (C=O) groups is 2. The fourth-order valence-electron chi connectivity index (χ4n) is 2.35. The summed E-state index contributed by atoms with van der Waals surface area (Å²) in [5, 5.41) is 11.4. The van der Waals surface area contributed by atoms with Crippen LogP contribution < -0.4 is 10.6 Å². The van der Waals surface area contributed by atoms with Crippen LogP contribution >= 0.6 is 11.3 Å². The number of amides is 1. The molecule has 108 valence electrons. The molecule has 3 N–H and O–H groups in total. The van der Waals surface area contributed by atoms with E-state index < -0.39 is 11.9 Å². The van der Waals surface area contributed by atoms with Gasteiger partial charge in [-0.05, 0) is 12.1 Å². The van der Waals surface area contributed by atoms with Gasteiger partial charge in [-0.3, -0.25) is 9.59 Å². The van der Waals surface area contributed by atoms with Crippen molar-refractivity contribution in [2.24, 2.45) is 5.92 Å². The summed E-state index contributed by atoms with van der Waals surface area (Å²) in [5.41, 5.74) is 8.01. The SMILES string of the molecule is Nc1nc(-c2ccc(N3CC(C(=O)O)CC3=O)cc2)cs1. The summed E-state index contributed by atoms with van der Waals surface area (Å²) < 4.78 is 0. The Morgan fingerprint density at radius 3 is 2.62 bits per heavy atom. The Hall–Kier alpha value is -2.41. The first kappa shape index (κ1) is 13.6. The number of anilines is 2. The third kappa shape index (κ3) is 2.59. The minimum absolute atomic E-state index is 0.0553. The largest absolute Gasteiger partial charge is 0.481 e. The second-order valence-electron chi connectivity index (χ2n) is 4.86. The van der Waals surface area contributed by atoms with Crippen molar-refractivity contribution >= 4 is 34.0 Å². The molecule has 1 aliphatic rings. The average molecular weight is 303 g/mol. The van der Waals surface area contributed by atoms with E-state index >= 15 is 0 Å². The molecule has 1 atom stereocenters. The number of thiazole rings is 1. The fourth-order valence-corrected chi connectivity index (χ4v) is 2.93. The lowest BCUT2D eigenvalue weighted by Crippen LogP contribution is -2.25. The number of rotatable bonds is 3. The van der Waals surface area contributed by atoms with Crippen LogP contribution in [0.5, 0.6) is 0 Å². The number of aromatic nitrogens is 1. The minimum atomic E-state index is -0.930. The minimum Gasteiger partial charge on any atom is -0.481 e. The molecule has 1 aromatic carbocycles. The van der Waals surface area contributed by atoms with Crippen molar-refractivity contribution < 1.29 is 14.7 Å². The fraction of sp³-hybridized carbons (Fsp3) is 0.214. The molecule has 1 aromatic heterocycles. The maximum atomic E-state index is 11.9. The Kier molecular flexibility index (Phi) is 3.34. The van der Waals surface area contributed by atoms with E-state index in [4.69, 9.17) is 10.8 Å². The summed E-state index contributed by atoms with van der Waals surface area (Å²) >= 11 is 1.37. The zero-order chi connectivity index (χ0) is 15.0. The number of hydrogen-bond donors (Lipinski definition) is 2. The number of benzene rings is 1. The van der Waals surface area contributed by atoms with Crippen molar-refractivity contribution in [1.29, 1.82) is 0 Å². The average Bonchev–Trinajstić information content (AvgIpc) is 3.05. The van der Waals surface area contributed by atoms with Crippen LogP contribution in [0.25, 0.3) is 11.3 Å². The van der Waals surface area contributed by atoms with Gasteiger partial charge < -0.3 is 15.7 Å². The van der Waals surface area contributed by atoms with Crippen LogP contribution in [0.15, 0.2) is 29.6 Å². The van der Waals surface area contributed by atoms with E-state index in [1.54, 1.807) is 12.1 Å². The molecule has 1 saturated heterocycles. The van der Waals surface area contributed by atoms with Gasteiger partial charge in [0.2, 0.25) is 5.91 Å². The molecule has 0 bridgehead atoms. The van der Waals surface area contributed by atoms with E-state index in [-0.39, 0.29) is 18.9 Å². The lowest BCUT2D eigenvalue weighted by molar-refractivity contribution is -0.141. The summed E-state index contributed by atoms with van der Waals surface area (Å²) in [6.07, 6.45) is 0.0553. The molecule has 0 aliphatic carbocycles. The highest BCUT2D eigenvalue weighted by Gasteiger charge is 2.34. The Bertz CT molecular complexity index is 696. The molecule has 0 spiro atoms. The predicted molar refractivity (Wildman–Crippen MR) is 80.1 cm³/mol. The summed E-state index contributed by atoms with van der Waals surface area (Å²) in [7, 11) is 0. The van der Waals surface area contributed by atoms with Crippen molar-refractivity contribution in [2.45, 2.75) is 6.42 Å². The molecule has 3 rings (SSSR count). The highest BCUT2D eigenvalue weighted by molar-refractivity contribution is 7.13. The van der Waals surface area contributed by atoms with E-state index in [0.29, 0.717) is 10.8 Å². The van der Waals surface area contributed by atoms with Crippen molar-refractivity contribution in [2.75, 3.05) is 17.2 Å². The normalized spacial score (nSPS) is 18.2. The molecule has 0 saturated carbocycles. The number of nitrogen functional groups attached to an aromatic ring is 1. The van der Waals surface area contributed by atoms with Gasteiger partial charge in [0.15, 0.2) is 5.13 Å². The smallest absolute Gasteiger partial charge is 0.308 e. The highest BCUT2D eigenvalue weighted by atomic mass is 32.1. The van der Waals surface area contributed by atoms with Crippen molar-refractivity contribution in [3.8, 4) is 11.3 Å². The maximum Gasteiger partial charge on any atom is 0.308 e. The van der Waals surface area contributed by atoms with Gasteiger partial charge in [0.1, 0.15) is 0 Å². The zero-order valence-corrected chi connectivity index (χ0v) is 11.8. The zero-order valence-electron chi connectivity index (χ0n) is 11.0. The molecule has 7 heteroatoms. The number of nitrogens with two attached hydrogens (primary N) is 1. The summed E-state index contributed by atoms with van der Waals surface area (Å²) in [6, 6.07) is 7.30. The number of carboxylic acid groups (broad SMARTS) is 1. The third-order valence-corrected chi connectivity index (χ3v) is 4.14. The van der Waals surface area contributed by atoms with E-state index in [0.717, 1.165) is 11.3 Å². The molecule has 6 nitrogen and oxygen atoms in total. The molecule has 0 radical (unpaired) electrons. The van der Waals surface area contributed by atoms with Crippen molar-refractivity contribution in [1.82, 2.24) is 4.98 Å². The van der Waals surface area contributed by atoms with Crippen LogP contribution in [0.4, 0.5) is 10.8 Å². The van der Waals surface area contributed by atoms with E-state index in [9.17, 15) is 9.59 Å². The van der Waals surface area contributed by atoms with Crippen LogP contribution in [0, 0.1) is 5.92 Å². The van der Waals surface area contributed by atoms with Gasteiger partial charge in [0.05, 0.1) is 11.6 Å². The predicted octanol–water partition coefficient (Wildman–Crippen LogP) is 1.83. The highest BCUT2D eigenvalue weighted by Crippen LogP contribution is 2.29. The topological polar surface area (TPSA) is 96.5 Å². The first-order valence-corrected chi connectivity index (χ1v) is 7.27. The number of carboxylic acids is 1. The van der Waals surface area contributed by atoms with Crippen molar-refractivity contribution in [3.05, 3.63) is 29.6 Å². The molecule has 1 aliphatic heterocycles. The standard InChI is InChI=1S/C14H13N3O3S/c15-14-16-11(7-21-14)8-1-3-10(4-2-8)17-6-9(13(19)20)5-12(17)18/h1-4,7,9H,5-6H2,(H2,15,16)(H,19,20). The first-order valence-electron chi connectivity index (χ1n) is 6.39. The van der Waals surface area contributed by atoms with Gasteiger partial charge in [0.25, 0.3) is 0 Å². The quantitative estimate of drug-likeness (QED) is 0.901. The van der Waals surface area contributed by atoms with E-state index in [1.165, 1.54) is 16.2 Å². The Balaban J connectivity index is 1.81. The molecule has 1 fully saturated rings. The van der Waals surface area contributed by atoms with Crippen LogP contribution in [-0.4, -0.2) is 28.5 Å². The Morgan fingerprint density at radius 1 is 1.38 bits per heavy atom. The van der Waals surface area contributed by atoms with Gasteiger partial charge in [0, 0.05) is 29.6 Å². The van der Waals surface area contributed by atoms with E-state index in [2.05, 4.69) is 4.98 Å². The molecule has 1 unspecified atom stereocenters. The second-order valence-corrected chi connectivity index (χ2v) is 5.75. The molecule has 2 heterocycles. The lowest BCUT2D eigenvalue weighted by Gasteiger charge is -2.16. The van der Waals surface area contributed by atoms with Crippen LogP contribution in [0.3, 0.4) is 0 Å². The number of aliphatic carboxylic acids is 1. The molecular weight excluding hydrogens is 290 g/mol. The van der Waals surface area contributed by atoms with Gasteiger partial charge in [-0.15, -0.1) is 11.3 Å².